The Kier molecular flexibility index (Phi) is 4.15. The van der Waals surface area contributed by atoms with Crippen molar-refractivity contribution in [3.63, 3.8) is 0 Å². The van der Waals surface area contributed by atoms with Gasteiger partial charge in [0.2, 0.25) is 12.7 Å². The van der Waals surface area contributed by atoms with Gasteiger partial charge in [0.25, 0.3) is 0 Å². The summed E-state index contributed by atoms with van der Waals surface area (Å²) in [6.07, 6.45) is 3.82. The highest BCUT2D eigenvalue weighted by Gasteiger charge is 2.25. The summed E-state index contributed by atoms with van der Waals surface area (Å²) in [5, 5.41) is 0. The van der Waals surface area contributed by atoms with E-state index in [4.69, 9.17) is 0 Å². The fraction of sp³-hybridized carbons (Fsp3) is 0.571. The number of benzene rings is 1. The lowest BCUT2D eigenvalue weighted by molar-refractivity contribution is 0.182. The van der Waals surface area contributed by atoms with E-state index in [1.807, 2.05) is 0 Å². The Morgan fingerprint density at radius 3 is 2.39 bits per heavy atom. The van der Waals surface area contributed by atoms with Crippen LogP contribution in [-0.4, -0.2) is 6.86 Å². The molecule has 0 spiro atoms. The SMILES string of the molecule is CC1CCC(c2ccc(OCF)c(F)c2F)CC1. The van der Waals surface area contributed by atoms with E-state index >= 15 is 0 Å². The summed E-state index contributed by atoms with van der Waals surface area (Å²) in [6.45, 7) is 1.02. The van der Waals surface area contributed by atoms with Crippen molar-refractivity contribution in [1.82, 2.24) is 0 Å². The standard InChI is InChI=1S/C14H17F3O/c1-9-2-4-10(5-3-9)11-6-7-12(18-8-15)14(17)13(11)16/h6-7,9-10H,2-5,8H2,1H3. The van der Waals surface area contributed by atoms with E-state index in [1.165, 1.54) is 12.1 Å². The molecule has 0 atom stereocenters. The van der Waals surface area contributed by atoms with Crippen molar-refractivity contribution in [2.45, 2.75) is 38.5 Å². The molecular formula is C14H17F3O. The molecule has 0 radical (unpaired) electrons. The minimum atomic E-state index is -1.16. The van der Waals surface area contributed by atoms with Crippen LogP contribution in [0.25, 0.3) is 0 Å². The van der Waals surface area contributed by atoms with Gasteiger partial charge in [0.05, 0.1) is 0 Å². The van der Waals surface area contributed by atoms with Crippen molar-refractivity contribution in [3.05, 3.63) is 29.3 Å². The molecule has 0 aliphatic heterocycles. The van der Waals surface area contributed by atoms with Crippen LogP contribution in [0.1, 0.15) is 44.1 Å². The van der Waals surface area contributed by atoms with Gasteiger partial charge < -0.3 is 4.74 Å². The molecule has 1 saturated carbocycles. The van der Waals surface area contributed by atoms with Gasteiger partial charge in [-0.15, -0.1) is 0 Å². The van der Waals surface area contributed by atoms with Gasteiger partial charge in [-0.2, -0.15) is 4.39 Å². The zero-order chi connectivity index (χ0) is 13.1. The fourth-order valence-corrected chi connectivity index (χ4v) is 2.60. The molecule has 4 heteroatoms. The predicted molar refractivity (Wildman–Crippen MR) is 63.3 cm³/mol. The normalized spacial score (nSPS) is 24.0. The lowest BCUT2D eigenvalue weighted by Gasteiger charge is -2.26. The van der Waals surface area contributed by atoms with E-state index in [2.05, 4.69) is 11.7 Å². The lowest BCUT2D eigenvalue weighted by atomic mass is 9.79. The molecule has 18 heavy (non-hydrogen) atoms. The summed E-state index contributed by atoms with van der Waals surface area (Å²) < 4.78 is 43.9. The maximum absolute atomic E-state index is 13.9. The smallest absolute Gasteiger partial charge is 0.228 e. The highest BCUT2D eigenvalue weighted by Crippen LogP contribution is 2.38. The van der Waals surface area contributed by atoms with E-state index in [0.29, 0.717) is 11.5 Å². The number of rotatable bonds is 3. The molecule has 1 aromatic carbocycles. The van der Waals surface area contributed by atoms with Crippen LogP contribution >= 0.6 is 0 Å². The summed E-state index contributed by atoms with van der Waals surface area (Å²) in [5.41, 5.74) is 0.394. The molecule has 0 unspecified atom stereocenters. The maximum Gasteiger partial charge on any atom is 0.228 e. The van der Waals surface area contributed by atoms with Gasteiger partial charge in [0.15, 0.2) is 11.6 Å². The predicted octanol–water partition coefficient (Wildman–Crippen LogP) is 4.56. The monoisotopic (exact) mass is 258 g/mol. The zero-order valence-corrected chi connectivity index (χ0v) is 10.4. The number of hydrogen-bond donors (Lipinski definition) is 0. The molecule has 0 saturated heterocycles. The van der Waals surface area contributed by atoms with Crippen molar-refractivity contribution in [2.24, 2.45) is 5.92 Å². The van der Waals surface area contributed by atoms with Gasteiger partial charge in [0.1, 0.15) is 0 Å². The van der Waals surface area contributed by atoms with Crippen molar-refractivity contribution in [2.75, 3.05) is 6.86 Å². The first-order chi connectivity index (χ1) is 8.63. The highest BCUT2D eigenvalue weighted by molar-refractivity contribution is 5.33. The quantitative estimate of drug-likeness (QED) is 0.772. The second kappa shape index (κ2) is 5.63. The average Bonchev–Trinajstić information content (AvgIpc) is 2.37. The van der Waals surface area contributed by atoms with Crippen LogP contribution in [0.4, 0.5) is 13.2 Å². The molecule has 1 aromatic rings. The minimum absolute atomic E-state index is 0.0649. The first kappa shape index (κ1) is 13.2. The lowest BCUT2D eigenvalue weighted by Crippen LogP contribution is -2.13. The van der Waals surface area contributed by atoms with Gasteiger partial charge in [-0.3, -0.25) is 0 Å². The Labute approximate surface area is 105 Å². The van der Waals surface area contributed by atoms with E-state index in [0.717, 1.165) is 25.7 Å². The second-order valence-electron chi connectivity index (χ2n) is 4.99. The Hall–Kier alpha value is -1.19. The van der Waals surface area contributed by atoms with Crippen molar-refractivity contribution < 1.29 is 17.9 Å². The average molecular weight is 258 g/mol. The van der Waals surface area contributed by atoms with Crippen molar-refractivity contribution in [3.8, 4) is 5.75 Å². The highest BCUT2D eigenvalue weighted by atomic mass is 19.2. The van der Waals surface area contributed by atoms with E-state index < -0.39 is 18.5 Å². The zero-order valence-electron chi connectivity index (χ0n) is 10.4. The third-order valence-electron chi connectivity index (χ3n) is 3.74. The first-order valence-electron chi connectivity index (χ1n) is 6.30. The molecular weight excluding hydrogens is 241 g/mol. The largest absolute Gasteiger partial charge is 0.460 e. The summed E-state index contributed by atoms with van der Waals surface area (Å²) in [5.74, 6) is -1.61. The van der Waals surface area contributed by atoms with Crippen LogP contribution in [0.3, 0.4) is 0 Å². The van der Waals surface area contributed by atoms with Gasteiger partial charge >= 0.3 is 0 Å². The summed E-state index contributed by atoms with van der Waals surface area (Å²) in [4.78, 5) is 0. The summed E-state index contributed by atoms with van der Waals surface area (Å²) in [7, 11) is 0. The van der Waals surface area contributed by atoms with Gasteiger partial charge in [0, 0.05) is 0 Å². The van der Waals surface area contributed by atoms with Crippen LogP contribution in [-0.2, 0) is 0 Å². The third kappa shape index (κ3) is 2.62. The Bertz CT molecular complexity index is 412. The van der Waals surface area contributed by atoms with Gasteiger partial charge in [-0.25, -0.2) is 8.78 Å². The third-order valence-corrected chi connectivity index (χ3v) is 3.74. The molecule has 0 amide bonds. The van der Waals surface area contributed by atoms with E-state index in [9.17, 15) is 13.2 Å². The topological polar surface area (TPSA) is 9.23 Å². The minimum Gasteiger partial charge on any atom is -0.460 e. The van der Waals surface area contributed by atoms with Crippen LogP contribution in [0.2, 0.25) is 0 Å². The number of halogens is 3. The summed E-state index contributed by atoms with van der Waals surface area (Å²) in [6, 6.07) is 2.83. The number of ether oxygens (including phenoxy) is 1. The Morgan fingerprint density at radius 1 is 1.11 bits per heavy atom. The van der Waals surface area contributed by atoms with Crippen LogP contribution in [0, 0.1) is 17.6 Å². The molecule has 1 fully saturated rings. The van der Waals surface area contributed by atoms with E-state index in [-0.39, 0.29) is 11.7 Å². The molecule has 0 heterocycles. The Morgan fingerprint density at radius 2 is 1.78 bits per heavy atom. The molecule has 0 N–H and O–H groups in total. The van der Waals surface area contributed by atoms with E-state index in [1.54, 1.807) is 0 Å². The molecule has 1 aliphatic carbocycles. The van der Waals surface area contributed by atoms with Crippen LogP contribution in [0.5, 0.6) is 5.75 Å². The van der Waals surface area contributed by atoms with Crippen molar-refractivity contribution >= 4 is 0 Å². The van der Waals surface area contributed by atoms with Gasteiger partial charge in [-0.05, 0) is 36.3 Å². The molecule has 2 rings (SSSR count). The second-order valence-corrected chi connectivity index (χ2v) is 4.99. The Balaban J connectivity index is 2.21. The fourth-order valence-electron chi connectivity index (χ4n) is 2.60. The molecule has 1 nitrogen and oxygen atoms in total. The maximum atomic E-state index is 13.9. The van der Waals surface area contributed by atoms with Gasteiger partial charge in [-0.1, -0.05) is 25.8 Å². The first-order valence-corrected chi connectivity index (χ1v) is 6.30. The molecule has 0 aromatic heterocycles. The number of hydrogen-bond acceptors (Lipinski definition) is 1. The molecule has 100 valence electrons. The molecule has 1 aliphatic rings. The number of alkyl halides is 1. The molecule has 0 bridgehead atoms. The summed E-state index contributed by atoms with van der Waals surface area (Å²) >= 11 is 0. The van der Waals surface area contributed by atoms with Crippen molar-refractivity contribution in [1.29, 1.82) is 0 Å². The van der Waals surface area contributed by atoms with Crippen LogP contribution in [0.15, 0.2) is 12.1 Å². The van der Waals surface area contributed by atoms with Crippen LogP contribution < -0.4 is 4.74 Å².